The van der Waals surface area contributed by atoms with Gasteiger partial charge in [-0.2, -0.15) is 0 Å². The predicted molar refractivity (Wildman–Crippen MR) is 111 cm³/mol. The largest absolute Gasteiger partial charge is 0.489 e. The standard InChI is InChI=1S/C23H20FN3O4/c24-18-10-17(23(22(28)29)5-7-30-8-6-23)11-19(12-18)31-13-15-1-3-20-16(9-15)2-4-21-26-25-14-27(20)21/h1-4,9-12,14H,5-8,13H2,(H,28,29). The van der Waals surface area contributed by atoms with Crippen LogP contribution in [0.5, 0.6) is 5.75 Å². The first-order valence-corrected chi connectivity index (χ1v) is 10.0. The third-order valence-electron chi connectivity index (χ3n) is 5.92. The van der Waals surface area contributed by atoms with E-state index < -0.39 is 17.2 Å². The zero-order valence-corrected chi connectivity index (χ0v) is 16.6. The summed E-state index contributed by atoms with van der Waals surface area (Å²) in [6, 6.07) is 13.9. The van der Waals surface area contributed by atoms with Crippen molar-refractivity contribution >= 4 is 22.5 Å². The minimum atomic E-state index is -1.16. The molecule has 8 heteroatoms. The second kappa shape index (κ2) is 7.63. The molecule has 158 valence electrons. The molecule has 0 atom stereocenters. The smallest absolute Gasteiger partial charge is 0.314 e. The van der Waals surface area contributed by atoms with Crippen LogP contribution in [0.1, 0.15) is 24.0 Å². The van der Waals surface area contributed by atoms with Crippen molar-refractivity contribution in [3.05, 3.63) is 71.8 Å². The molecule has 2 aromatic carbocycles. The number of aliphatic carboxylic acids is 1. The Bertz CT molecular complexity index is 1280. The quantitative estimate of drug-likeness (QED) is 0.528. The predicted octanol–water partition coefficient (Wildman–Crippen LogP) is 3.73. The van der Waals surface area contributed by atoms with Crippen LogP contribution in [0.3, 0.4) is 0 Å². The molecule has 5 rings (SSSR count). The maximum absolute atomic E-state index is 14.3. The molecule has 0 unspecified atom stereocenters. The molecule has 4 aromatic rings. The molecule has 0 radical (unpaired) electrons. The van der Waals surface area contributed by atoms with Crippen LogP contribution >= 0.6 is 0 Å². The number of carboxylic acids is 1. The van der Waals surface area contributed by atoms with Crippen LogP contribution < -0.4 is 4.74 Å². The van der Waals surface area contributed by atoms with Crippen molar-refractivity contribution in [1.82, 2.24) is 14.6 Å². The zero-order chi connectivity index (χ0) is 21.4. The van der Waals surface area contributed by atoms with E-state index in [1.165, 1.54) is 12.1 Å². The van der Waals surface area contributed by atoms with E-state index in [9.17, 15) is 14.3 Å². The first kappa shape index (κ1) is 19.4. The number of benzene rings is 2. The van der Waals surface area contributed by atoms with Crippen LogP contribution in [0, 0.1) is 5.82 Å². The molecule has 0 bridgehead atoms. The first-order valence-electron chi connectivity index (χ1n) is 10.0. The summed E-state index contributed by atoms with van der Waals surface area (Å²) >= 11 is 0. The molecule has 3 heterocycles. The lowest BCUT2D eigenvalue weighted by molar-refractivity contribution is -0.147. The highest BCUT2D eigenvalue weighted by Crippen LogP contribution is 2.37. The topological polar surface area (TPSA) is 86.0 Å². The van der Waals surface area contributed by atoms with E-state index in [4.69, 9.17) is 9.47 Å². The highest BCUT2D eigenvalue weighted by Gasteiger charge is 2.42. The van der Waals surface area contributed by atoms with E-state index in [0.717, 1.165) is 22.1 Å². The molecule has 1 fully saturated rings. The average Bonchev–Trinajstić information content (AvgIpc) is 3.27. The van der Waals surface area contributed by atoms with Crippen LogP contribution in [0.15, 0.2) is 54.9 Å². The van der Waals surface area contributed by atoms with Gasteiger partial charge >= 0.3 is 5.97 Å². The lowest BCUT2D eigenvalue weighted by Crippen LogP contribution is -2.41. The minimum absolute atomic E-state index is 0.224. The molecule has 1 aliphatic rings. The number of nitrogens with zero attached hydrogens (tertiary/aromatic N) is 3. The van der Waals surface area contributed by atoms with Gasteiger partial charge in [-0.1, -0.05) is 6.07 Å². The van der Waals surface area contributed by atoms with Crippen molar-refractivity contribution in [1.29, 1.82) is 0 Å². The lowest BCUT2D eigenvalue weighted by Gasteiger charge is -2.33. The Morgan fingerprint density at radius 2 is 2.00 bits per heavy atom. The second-order valence-electron chi connectivity index (χ2n) is 7.75. The van der Waals surface area contributed by atoms with Crippen molar-refractivity contribution in [3.63, 3.8) is 0 Å². The Balaban J connectivity index is 1.41. The number of hydrogen-bond donors (Lipinski definition) is 1. The summed E-state index contributed by atoms with van der Waals surface area (Å²) < 4.78 is 27.4. The Morgan fingerprint density at radius 3 is 2.81 bits per heavy atom. The number of carbonyl (C=O) groups is 1. The van der Waals surface area contributed by atoms with Gasteiger partial charge in [-0.3, -0.25) is 9.20 Å². The number of hydrogen-bond acceptors (Lipinski definition) is 5. The summed E-state index contributed by atoms with van der Waals surface area (Å²) in [5.74, 6) is -1.19. The fourth-order valence-corrected chi connectivity index (χ4v) is 4.19. The molecule has 1 saturated heterocycles. The van der Waals surface area contributed by atoms with Crippen LogP contribution in [-0.2, 0) is 21.6 Å². The molecule has 0 saturated carbocycles. The first-order chi connectivity index (χ1) is 15.0. The molecule has 2 aromatic heterocycles. The molecule has 0 amide bonds. The maximum Gasteiger partial charge on any atom is 0.314 e. The van der Waals surface area contributed by atoms with Gasteiger partial charge in [0.05, 0.1) is 10.9 Å². The Labute approximate surface area is 177 Å². The summed E-state index contributed by atoms with van der Waals surface area (Å²) in [5, 5.41) is 18.8. The minimum Gasteiger partial charge on any atom is -0.489 e. The van der Waals surface area contributed by atoms with Gasteiger partial charge in [0.2, 0.25) is 0 Å². The Hall–Kier alpha value is -3.52. The maximum atomic E-state index is 14.3. The SMILES string of the molecule is O=C(O)C1(c2cc(F)cc(OCc3ccc4c(ccc5nncn54)c3)c2)CCOCC1. The second-order valence-corrected chi connectivity index (χ2v) is 7.75. The highest BCUT2D eigenvalue weighted by atomic mass is 19.1. The number of pyridine rings is 1. The molecule has 31 heavy (non-hydrogen) atoms. The average molecular weight is 421 g/mol. The monoisotopic (exact) mass is 421 g/mol. The van der Waals surface area contributed by atoms with Crippen molar-refractivity contribution in [2.45, 2.75) is 24.9 Å². The number of rotatable bonds is 5. The summed E-state index contributed by atoms with van der Waals surface area (Å²) in [5.41, 5.74) is 1.90. The van der Waals surface area contributed by atoms with Crippen molar-refractivity contribution in [2.75, 3.05) is 13.2 Å². The number of aromatic nitrogens is 3. The van der Waals surface area contributed by atoms with Crippen LogP contribution in [0.2, 0.25) is 0 Å². The molecule has 7 nitrogen and oxygen atoms in total. The third-order valence-corrected chi connectivity index (χ3v) is 5.92. The van der Waals surface area contributed by atoms with Gasteiger partial charge in [0.1, 0.15) is 24.5 Å². The van der Waals surface area contributed by atoms with Gasteiger partial charge in [-0.05, 0) is 65.8 Å². The van der Waals surface area contributed by atoms with Gasteiger partial charge in [0.15, 0.2) is 5.65 Å². The van der Waals surface area contributed by atoms with E-state index >= 15 is 0 Å². The highest BCUT2D eigenvalue weighted by molar-refractivity contribution is 5.83. The van der Waals surface area contributed by atoms with Crippen molar-refractivity contribution in [3.8, 4) is 5.75 Å². The van der Waals surface area contributed by atoms with Gasteiger partial charge in [0.25, 0.3) is 0 Å². The summed E-state index contributed by atoms with van der Waals surface area (Å²) in [6.07, 6.45) is 2.26. The van der Waals surface area contributed by atoms with Crippen LogP contribution in [0.25, 0.3) is 16.6 Å². The van der Waals surface area contributed by atoms with Crippen LogP contribution in [-0.4, -0.2) is 38.9 Å². The van der Waals surface area contributed by atoms with E-state index in [1.807, 2.05) is 34.7 Å². The van der Waals surface area contributed by atoms with E-state index in [-0.39, 0.29) is 6.61 Å². The summed E-state index contributed by atoms with van der Waals surface area (Å²) in [6.45, 7) is 0.883. The van der Waals surface area contributed by atoms with Crippen LogP contribution in [0.4, 0.5) is 4.39 Å². The van der Waals surface area contributed by atoms with E-state index in [0.29, 0.717) is 37.4 Å². The number of ether oxygens (including phenoxy) is 2. The lowest BCUT2D eigenvalue weighted by atomic mass is 9.74. The van der Waals surface area contributed by atoms with Crippen molar-refractivity contribution in [2.24, 2.45) is 0 Å². The molecule has 1 aliphatic heterocycles. The van der Waals surface area contributed by atoms with Gasteiger partial charge in [0, 0.05) is 19.3 Å². The number of halogens is 1. The fraction of sp³-hybridized carbons (Fsp3) is 0.261. The number of carboxylic acid groups (broad SMARTS) is 1. The Kier molecular flexibility index (Phi) is 4.78. The Morgan fingerprint density at radius 1 is 1.16 bits per heavy atom. The molecular formula is C23H20FN3O4. The third kappa shape index (κ3) is 3.48. The molecule has 0 aliphatic carbocycles. The number of fused-ring (bicyclic) bond motifs is 3. The molecular weight excluding hydrogens is 401 g/mol. The van der Waals surface area contributed by atoms with Gasteiger partial charge in [-0.15, -0.1) is 10.2 Å². The van der Waals surface area contributed by atoms with Gasteiger partial charge < -0.3 is 14.6 Å². The molecule has 1 N–H and O–H groups in total. The van der Waals surface area contributed by atoms with E-state index in [2.05, 4.69) is 10.2 Å². The summed E-state index contributed by atoms with van der Waals surface area (Å²) in [4.78, 5) is 12.0. The molecule has 0 spiro atoms. The van der Waals surface area contributed by atoms with Crippen molar-refractivity contribution < 1.29 is 23.8 Å². The fourth-order valence-electron chi connectivity index (χ4n) is 4.19. The van der Waals surface area contributed by atoms with E-state index in [1.54, 1.807) is 12.4 Å². The van der Waals surface area contributed by atoms with Gasteiger partial charge in [-0.25, -0.2) is 4.39 Å². The zero-order valence-electron chi connectivity index (χ0n) is 16.6. The normalized spacial score (nSPS) is 15.9. The summed E-state index contributed by atoms with van der Waals surface area (Å²) in [7, 11) is 0.